The van der Waals surface area contributed by atoms with Gasteiger partial charge in [-0.3, -0.25) is 0 Å². The first-order valence-electron chi connectivity index (χ1n) is 6.88. The summed E-state index contributed by atoms with van der Waals surface area (Å²) in [5.74, 6) is 0.264. The number of aromatic nitrogens is 1. The minimum atomic E-state index is -3.50. The zero-order chi connectivity index (χ0) is 15.0. The number of methoxy groups -OCH3 is 1. The zero-order valence-electron chi connectivity index (χ0n) is 11.9. The van der Waals surface area contributed by atoms with Crippen LogP contribution in [-0.4, -0.2) is 44.5 Å². The Bertz CT molecular complexity index is 754. The maximum Gasteiger partial charge on any atom is 0.245 e. The van der Waals surface area contributed by atoms with Gasteiger partial charge in [0.05, 0.1) is 6.61 Å². The van der Waals surface area contributed by atoms with Crippen LogP contribution in [0.25, 0.3) is 10.9 Å². The SMILES string of the molecule is COCC1CCN(S(=O)(=O)c2c[nH]c3ccc(N)cc23)C1. The van der Waals surface area contributed by atoms with E-state index in [2.05, 4.69) is 4.98 Å². The average molecular weight is 309 g/mol. The molecule has 0 saturated carbocycles. The molecule has 7 heteroatoms. The predicted octanol–water partition coefficient (Wildman–Crippen LogP) is 1.41. The van der Waals surface area contributed by atoms with Crippen molar-refractivity contribution in [2.45, 2.75) is 11.3 Å². The van der Waals surface area contributed by atoms with Gasteiger partial charge in [-0.05, 0) is 30.5 Å². The van der Waals surface area contributed by atoms with Crippen molar-refractivity contribution in [1.29, 1.82) is 0 Å². The van der Waals surface area contributed by atoms with E-state index in [-0.39, 0.29) is 5.92 Å². The Labute approximate surface area is 123 Å². The van der Waals surface area contributed by atoms with Gasteiger partial charge < -0.3 is 15.5 Å². The molecule has 1 aliphatic rings. The van der Waals surface area contributed by atoms with Gasteiger partial charge in [0.2, 0.25) is 10.0 Å². The lowest BCUT2D eigenvalue weighted by atomic mass is 10.1. The van der Waals surface area contributed by atoms with Crippen LogP contribution in [0.1, 0.15) is 6.42 Å². The van der Waals surface area contributed by atoms with Gasteiger partial charge in [-0.1, -0.05) is 0 Å². The van der Waals surface area contributed by atoms with E-state index in [1.807, 2.05) is 0 Å². The molecule has 2 aromatic rings. The molecule has 0 aliphatic carbocycles. The van der Waals surface area contributed by atoms with E-state index in [0.29, 0.717) is 35.7 Å². The number of H-pyrrole nitrogens is 1. The molecule has 1 unspecified atom stereocenters. The number of aromatic amines is 1. The van der Waals surface area contributed by atoms with Crippen LogP contribution in [0.4, 0.5) is 5.69 Å². The quantitative estimate of drug-likeness (QED) is 0.836. The third kappa shape index (κ3) is 2.52. The highest BCUT2D eigenvalue weighted by atomic mass is 32.2. The summed E-state index contributed by atoms with van der Waals surface area (Å²) in [6, 6.07) is 5.24. The van der Waals surface area contributed by atoms with Crippen LogP contribution in [0.15, 0.2) is 29.3 Å². The lowest BCUT2D eigenvalue weighted by molar-refractivity contribution is 0.157. The second-order valence-electron chi connectivity index (χ2n) is 5.43. The Morgan fingerprint density at radius 2 is 2.29 bits per heavy atom. The van der Waals surface area contributed by atoms with Gasteiger partial charge in [0.15, 0.2) is 0 Å². The monoisotopic (exact) mass is 309 g/mol. The molecule has 2 heterocycles. The Hall–Kier alpha value is -1.57. The highest BCUT2D eigenvalue weighted by Crippen LogP contribution is 2.30. The fourth-order valence-electron chi connectivity index (χ4n) is 2.85. The Morgan fingerprint density at radius 3 is 3.05 bits per heavy atom. The second-order valence-corrected chi connectivity index (χ2v) is 7.34. The van der Waals surface area contributed by atoms with Crippen LogP contribution in [0.3, 0.4) is 0 Å². The number of fused-ring (bicyclic) bond motifs is 1. The van der Waals surface area contributed by atoms with Crippen molar-refractivity contribution in [3.05, 3.63) is 24.4 Å². The topological polar surface area (TPSA) is 88.4 Å². The molecule has 1 aromatic heterocycles. The fraction of sp³-hybridized carbons (Fsp3) is 0.429. The minimum absolute atomic E-state index is 0.264. The van der Waals surface area contributed by atoms with E-state index in [9.17, 15) is 8.42 Å². The van der Waals surface area contributed by atoms with Gasteiger partial charge in [-0.25, -0.2) is 8.42 Å². The number of ether oxygens (including phenoxy) is 1. The maximum atomic E-state index is 12.8. The van der Waals surface area contributed by atoms with Gasteiger partial charge in [0.25, 0.3) is 0 Å². The predicted molar refractivity (Wildman–Crippen MR) is 81.5 cm³/mol. The number of anilines is 1. The summed E-state index contributed by atoms with van der Waals surface area (Å²) in [5.41, 5.74) is 7.10. The van der Waals surface area contributed by atoms with E-state index in [1.54, 1.807) is 31.5 Å². The number of sulfonamides is 1. The number of rotatable bonds is 4. The number of nitrogen functional groups attached to an aromatic ring is 1. The summed E-state index contributed by atoms with van der Waals surface area (Å²) in [6.07, 6.45) is 2.38. The molecule has 3 rings (SSSR count). The molecule has 6 nitrogen and oxygen atoms in total. The van der Waals surface area contributed by atoms with Gasteiger partial charge in [-0.15, -0.1) is 0 Å². The molecule has 1 saturated heterocycles. The molecule has 0 radical (unpaired) electrons. The highest BCUT2D eigenvalue weighted by Gasteiger charge is 2.33. The molecule has 0 amide bonds. The summed E-state index contributed by atoms with van der Waals surface area (Å²) >= 11 is 0. The van der Waals surface area contributed by atoms with Crippen molar-refractivity contribution in [2.24, 2.45) is 5.92 Å². The standard InChI is InChI=1S/C14H19N3O3S/c1-20-9-10-4-5-17(8-10)21(18,19)14-7-16-13-3-2-11(15)6-12(13)14/h2-3,6-7,10,16H,4-5,8-9,15H2,1H3. The van der Waals surface area contributed by atoms with Crippen molar-refractivity contribution in [2.75, 3.05) is 32.5 Å². The van der Waals surface area contributed by atoms with Gasteiger partial charge in [-0.2, -0.15) is 4.31 Å². The first-order valence-corrected chi connectivity index (χ1v) is 8.32. The molecule has 1 aromatic carbocycles. The molecular weight excluding hydrogens is 290 g/mol. The van der Waals surface area contributed by atoms with E-state index in [0.717, 1.165) is 11.9 Å². The molecule has 1 fully saturated rings. The van der Waals surface area contributed by atoms with Gasteiger partial charge >= 0.3 is 0 Å². The largest absolute Gasteiger partial charge is 0.399 e. The lowest BCUT2D eigenvalue weighted by Gasteiger charge is -2.16. The number of hydrogen-bond donors (Lipinski definition) is 2. The molecule has 0 spiro atoms. The number of benzene rings is 1. The molecule has 0 bridgehead atoms. The minimum Gasteiger partial charge on any atom is -0.399 e. The maximum absolute atomic E-state index is 12.8. The van der Waals surface area contributed by atoms with Crippen LogP contribution >= 0.6 is 0 Å². The van der Waals surface area contributed by atoms with Crippen LogP contribution in [0.5, 0.6) is 0 Å². The van der Waals surface area contributed by atoms with Crippen molar-refractivity contribution in [3.8, 4) is 0 Å². The van der Waals surface area contributed by atoms with Crippen LogP contribution in [-0.2, 0) is 14.8 Å². The second kappa shape index (κ2) is 5.32. The Balaban J connectivity index is 1.96. The number of nitrogens with two attached hydrogens (primary N) is 1. The number of nitrogens with zero attached hydrogens (tertiary/aromatic N) is 1. The molecule has 1 aliphatic heterocycles. The van der Waals surface area contributed by atoms with E-state index in [1.165, 1.54) is 4.31 Å². The summed E-state index contributed by atoms with van der Waals surface area (Å²) < 4.78 is 32.2. The molecular formula is C14H19N3O3S. The summed E-state index contributed by atoms with van der Waals surface area (Å²) in [6.45, 7) is 1.63. The molecule has 3 N–H and O–H groups in total. The summed E-state index contributed by atoms with van der Waals surface area (Å²) in [5, 5.41) is 0.644. The first kappa shape index (κ1) is 14.4. The third-order valence-corrected chi connectivity index (χ3v) is 5.84. The molecule has 1 atom stereocenters. The number of nitrogens with one attached hydrogen (secondary N) is 1. The molecule has 114 valence electrons. The van der Waals surface area contributed by atoms with Crippen molar-refractivity contribution < 1.29 is 13.2 Å². The summed E-state index contributed by atoms with van der Waals surface area (Å²) in [7, 11) is -1.86. The highest BCUT2D eigenvalue weighted by molar-refractivity contribution is 7.89. The van der Waals surface area contributed by atoms with E-state index >= 15 is 0 Å². The average Bonchev–Trinajstić information content (AvgIpc) is 3.05. The lowest BCUT2D eigenvalue weighted by Crippen LogP contribution is -2.29. The van der Waals surface area contributed by atoms with E-state index < -0.39 is 10.0 Å². The van der Waals surface area contributed by atoms with Crippen molar-refractivity contribution >= 4 is 26.6 Å². The van der Waals surface area contributed by atoms with Crippen molar-refractivity contribution in [1.82, 2.24) is 9.29 Å². The molecule has 21 heavy (non-hydrogen) atoms. The van der Waals surface area contributed by atoms with Crippen LogP contribution in [0, 0.1) is 5.92 Å². The Morgan fingerprint density at radius 1 is 1.48 bits per heavy atom. The van der Waals surface area contributed by atoms with Crippen LogP contribution < -0.4 is 5.73 Å². The van der Waals surface area contributed by atoms with Gasteiger partial charge in [0.1, 0.15) is 4.90 Å². The third-order valence-electron chi connectivity index (χ3n) is 3.94. The van der Waals surface area contributed by atoms with E-state index in [4.69, 9.17) is 10.5 Å². The summed E-state index contributed by atoms with van der Waals surface area (Å²) in [4.78, 5) is 3.29. The van der Waals surface area contributed by atoms with Crippen LogP contribution in [0.2, 0.25) is 0 Å². The normalized spacial score (nSPS) is 20.3. The van der Waals surface area contributed by atoms with Gasteiger partial charge in [0, 0.05) is 43.0 Å². The smallest absolute Gasteiger partial charge is 0.245 e. The van der Waals surface area contributed by atoms with Crippen molar-refractivity contribution in [3.63, 3.8) is 0 Å². The fourth-order valence-corrected chi connectivity index (χ4v) is 4.54. The first-order chi connectivity index (χ1) is 10.0. The zero-order valence-corrected chi connectivity index (χ0v) is 12.7. The number of hydrogen-bond acceptors (Lipinski definition) is 4. The Kier molecular flexibility index (Phi) is 3.64.